The second-order valence-corrected chi connectivity index (χ2v) is 5.24. The Bertz CT molecular complexity index is 656. The lowest BCUT2D eigenvalue weighted by Gasteiger charge is -2.19. The molecule has 1 saturated heterocycles. The quantitative estimate of drug-likeness (QED) is 0.936. The normalized spacial score (nSPS) is 19.0. The largest absolute Gasteiger partial charge is 0.480 e. The van der Waals surface area contributed by atoms with Gasteiger partial charge in [0.05, 0.1) is 11.9 Å². The smallest absolute Gasteiger partial charge is 0.320 e. The summed E-state index contributed by atoms with van der Waals surface area (Å²) in [5.41, 5.74) is 1.57. The van der Waals surface area contributed by atoms with Crippen molar-refractivity contribution in [1.29, 1.82) is 0 Å². The number of aliphatic carboxylic acids is 1. The van der Waals surface area contributed by atoms with Crippen LogP contribution in [0.4, 0.5) is 4.39 Å². The van der Waals surface area contributed by atoms with Crippen molar-refractivity contribution in [3.05, 3.63) is 48.0 Å². The molecule has 1 N–H and O–H groups in total. The molecule has 0 spiro atoms. The van der Waals surface area contributed by atoms with Gasteiger partial charge in [-0.3, -0.25) is 9.69 Å². The summed E-state index contributed by atoms with van der Waals surface area (Å²) in [6, 6.07) is 5.79. The molecule has 0 unspecified atom stereocenters. The zero-order valence-corrected chi connectivity index (χ0v) is 11.4. The van der Waals surface area contributed by atoms with Gasteiger partial charge in [-0.05, 0) is 37.6 Å². The SMILES string of the molecule is O=C(O)[C@H]1CCCN1Cc1cnn(-c2cccc(F)c2)c1. The predicted molar refractivity (Wildman–Crippen MR) is 74.6 cm³/mol. The van der Waals surface area contributed by atoms with E-state index in [-0.39, 0.29) is 5.82 Å². The summed E-state index contributed by atoms with van der Waals surface area (Å²) in [6.45, 7) is 1.33. The minimum Gasteiger partial charge on any atom is -0.480 e. The van der Waals surface area contributed by atoms with Gasteiger partial charge in [-0.25, -0.2) is 9.07 Å². The van der Waals surface area contributed by atoms with Crippen molar-refractivity contribution in [1.82, 2.24) is 14.7 Å². The third-order valence-corrected chi connectivity index (χ3v) is 3.74. The van der Waals surface area contributed by atoms with Crippen molar-refractivity contribution >= 4 is 5.97 Å². The van der Waals surface area contributed by atoms with E-state index >= 15 is 0 Å². The third kappa shape index (κ3) is 2.95. The molecule has 2 aromatic rings. The van der Waals surface area contributed by atoms with Crippen LogP contribution in [0.1, 0.15) is 18.4 Å². The third-order valence-electron chi connectivity index (χ3n) is 3.74. The van der Waals surface area contributed by atoms with E-state index in [4.69, 9.17) is 0 Å². The molecule has 21 heavy (non-hydrogen) atoms. The van der Waals surface area contributed by atoms with Crippen LogP contribution in [-0.2, 0) is 11.3 Å². The van der Waals surface area contributed by atoms with Gasteiger partial charge >= 0.3 is 5.97 Å². The lowest BCUT2D eigenvalue weighted by atomic mass is 10.2. The summed E-state index contributed by atoms with van der Waals surface area (Å²) < 4.78 is 14.8. The molecule has 0 radical (unpaired) electrons. The highest BCUT2D eigenvalue weighted by molar-refractivity contribution is 5.73. The number of likely N-dealkylation sites (tertiary alicyclic amines) is 1. The second kappa shape index (κ2) is 5.65. The molecule has 0 aliphatic carbocycles. The highest BCUT2D eigenvalue weighted by Crippen LogP contribution is 2.20. The van der Waals surface area contributed by atoms with E-state index in [2.05, 4.69) is 5.10 Å². The Morgan fingerprint density at radius 3 is 3.10 bits per heavy atom. The Balaban J connectivity index is 1.75. The van der Waals surface area contributed by atoms with Crippen LogP contribution in [0, 0.1) is 5.82 Å². The van der Waals surface area contributed by atoms with E-state index in [9.17, 15) is 14.3 Å². The number of hydrogen-bond acceptors (Lipinski definition) is 3. The van der Waals surface area contributed by atoms with Crippen LogP contribution in [0.3, 0.4) is 0 Å². The van der Waals surface area contributed by atoms with Gasteiger partial charge in [0, 0.05) is 18.3 Å². The fraction of sp³-hybridized carbons (Fsp3) is 0.333. The Labute approximate surface area is 121 Å². The number of carbonyl (C=O) groups is 1. The first-order chi connectivity index (χ1) is 10.1. The van der Waals surface area contributed by atoms with Gasteiger partial charge in [0.15, 0.2) is 0 Å². The number of aromatic nitrogens is 2. The van der Waals surface area contributed by atoms with E-state index in [1.54, 1.807) is 23.0 Å². The van der Waals surface area contributed by atoms with Crippen molar-refractivity contribution in [3.63, 3.8) is 0 Å². The maximum Gasteiger partial charge on any atom is 0.320 e. The number of hydrogen-bond donors (Lipinski definition) is 1. The number of rotatable bonds is 4. The van der Waals surface area contributed by atoms with E-state index in [1.165, 1.54) is 12.1 Å². The van der Waals surface area contributed by atoms with Crippen LogP contribution in [0.2, 0.25) is 0 Å². The van der Waals surface area contributed by atoms with Crippen molar-refractivity contribution in [3.8, 4) is 5.69 Å². The molecule has 3 rings (SSSR count). The lowest BCUT2D eigenvalue weighted by molar-refractivity contribution is -0.142. The van der Waals surface area contributed by atoms with Gasteiger partial charge in [-0.15, -0.1) is 0 Å². The van der Waals surface area contributed by atoms with Crippen molar-refractivity contribution in [2.24, 2.45) is 0 Å². The highest BCUT2D eigenvalue weighted by Gasteiger charge is 2.30. The molecule has 1 aromatic carbocycles. The molecule has 1 aromatic heterocycles. The van der Waals surface area contributed by atoms with Crippen LogP contribution in [0.25, 0.3) is 5.69 Å². The first-order valence-electron chi connectivity index (χ1n) is 6.90. The molecule has 0 saturated carbocycles. The summed E-state index contributed by atoms with van der Waals surface area (Å²) in [5, 5.41) is 13.4. The molecule has 1 fully saturated rings. The zero-order valence-electron chi connectivity index (χ0n) is 11.4. The molecule has 110 valence electrons. The van der Waals surface area contributed by atoms with Gasteiger partial charge in [-0.1, -0.05) is 6.07 Å². The van der Waals surface area contributed by atoms with E-state index in [1.807, 2.05) is 11.1 Å². The summed E-state index contributed by atoms with van der Waals surface area (Å²) in [5.74, 6) is -1.08. The second-order valence-electron chi connectivity index (χ2n) is 5.24. The molecule has 5 nitrogen and oxygen atoms in total. The standard InChI is InChI=1S/C15H16FN3O2/c16-12-3-1-4-13(7-12)19-10-11(8-17-19)9-18-6-2-5-14(18)15(20)21/h1,3-4,7-8,10,14H,2,5-6,9H2,(H,20,21)/t14-/m1/s1. The van der Waals surface area contributed by atoms with Gasteiger partial charge in [0.2, 0.25) is 0 Å². The molecule has 0 amide bonds. The first kappa shape index (κ1) is 13.8. The molecule has 2 heterocycles. The van der Waals surface area contributed by atoms with Gasteiger partial charge < -0.3 is 5.11 Å². The fourth-order valence-corrected chi connectivity index (χ4v) is 2.73. The topological polar surface area (TPSA) is 58.4 Å². The molecule has 1 atom stereocenters. The monoisotopic (exact) mass is 289 g/mol. The lowest BCUT2D eigenvalue weighted by Crippen LogP contribution is -2.35. The molecular formula is C15H16FN3O2. The van der Waals surface area contributed by atoms with E-state index in [0.29, 0.717) is 18.7 Å². The zero-order chi connectivity index (χ0) is 14.8. The van der Waals surface area contributed by atoms with E-state index in [0.717, 1.165) is 18.5 Å². The maximum atomic E-state index is 13.2. The van der Waals surface area contributed by atoms with Gasteiger partial charge in [0.25, 0.3) is 0 Å². The Morgan fingerprint density at radius 1 is 1.48 bits per heavy atom. The average Bonchev–Trinajstić information content (AvgIpc) is 3.08. The van der Waals surface area contributed by atoms with Crippen molar-refractivity contribution < 1.29 is 14.3 Å². The minimum atomic E-state index is -0.773. The van der Waals surface area contributed by atoms with E-state index < -0.39 is 12.0 Å². The summed E-state index contributed by atoms with van der Waals surface area (Å²) in [7, 11) is 0. The van der Waals surface area contributed by atoms with Gasteiger partial charge in [-0.2, -0.15) is 5.10 Å². The number of carboxylic acids is 1. The van der Waals surface area contributed by atoms with Crippen LogP contribution in [0.5, 0.6) is 0 Å². The summed E-state index contributed by atoms with van der Waals surface area (Å²) in [4.78, 5) is 13.1. The highest BCUT2D eigenvalue weighted by atomic mass is 19.1. The predicted octanol–water partition coefficient (Wildman–Crippen LogP) is 2.06. The van der Waals surface area contributed by atoms with Gasteiger partial charge in [0.1, 0.15) is 11.9 Å². The van der Waals surface area contributed by atoms with Crippen molar-refractivity contribution in [2.45, 2.75) is 25.4 Å². The fourth-order valence-electron chi connectivity index (χ4n) is 2.73. The molecule has 1 aliphatic rings. The molecule has 6 heteroatoms. The van der Waals surface area contributed by atoms with Crippen molar-refractivity contribution in [2.75, 3.05) is 6.54 Å². The molecule has 0 bridgehead atoms. The minimum absolute atomic E-state index is 0.310. The number of nitrogens with zero attached hydrogens (tertiary/aromatic N) is 3. The Kier molecular flexibility index (Phi) is 3.70. The Morgan fingerprint density at radius 2 is 2.33 bits per heavy atom. The van der Waals surface area contributed by atoms with Crippen LogP contribution < -0.4 is 0 Å². The Hall–Kier alpha value is -2.21. The average molecular weight is 289 g/mol. The summed E-state index contributed by atoms with van der Waals surface area (Å²) in [6.07, 6.45) is 5.09. The first-order valence-corrected chi connectivity index (χ1v) is 6.90. The number of halogens is 1. The maximum absolute atomic E-state index is 13.2. The number of benzene rings is 1. The van der Waals surface area contributed by atoms with Crippen LogP contribution >= 0.6 is 0 Å². The number of carboxylic acid groups (broad SMARTS) is 1. The summed E-state index contributed by atoms with van der Waals surface area (Å²) >= 11 is 0. The molecule has 1 aliphatic heterocycles. The van der Waals surface area contributed by atoms with Crippen LogP contribution in [0.15, 0.2) is 36.7 Å². The van der Waals surface area contributed by atoms with Crippen LogP contribution in [-0.4, -0.2) is 38.3 Å². The molecular weight excluding hydrogens is 273 g/mol.